The van der Waals surface area contributed by atoms with Crippen molar-refractivity contribution in [1.82, 2.24) is 4.90 Å². The average Bonchev–Trinajstić information content (AvgIpc) is 2.31. The minimum atomic E-state index is 0.148. The Morgan fingerprint density at radius 3 is 2.56 bits per heavy atom. The number of rotatable bonds is 6. The zero-order valence-corrected chi connectivity index (χ0v) is 13.7. The fourth-order valence-electron chi connectivity index (χ4n) is 1.84. The van der Waals surface area contributed by atoms with Crippen LogP contribution >= 0.6 is 27.5 Å². The molecule has 0 fully saturated rings. The molecule has 0 amide bonds. The molecule has 0 bridgehead atoms. The van der Waals surface area contributed by atoms with Crippen molar-refractivity contribution in [3.05, 3.63) is 33.3 Å². The summed E-state index contributed by atoms with van der Waals surface area (Å²) in [6.07, 6.45) is 0. The molecular formula is C14H22BrClN2. The summed E-state index contributed by atoms with van der Waals surface area (Å²) in [5.74, 6) is 0. The Morgan fingerprint density at radius 2 is 2.06 bits per heavy atom. The van der Waals surface area contributed by atoms with Crippen molar-refractivity contribution in [2.45, 2.75) is 27.3 Å². The SMILES string of the molecule is CCN(Cc1ccc(Cl)cc1Br)CC(C)(C)CN. The van der Waals surface area contributed by atoms with E-state index >= 15 is 0 Å². The maximum Gasteiger partial charge on any atom is 0.0417 e. The van der Waals surface area contributed by atoms with Gasteiger partial charge in [-0.3, -0.25) is 4.90 Å². The molecule has 0 aliphatic carbocycles. The van der Waals surface area contributed by atoms with Crippen LogP contribution in [0.15, 0.2) is 22.7 Å². The van der Waals surface area contributed by atoms with Gasteiger partial charge in [0.25, 0.3) is 0 Å². The van der Waals surface area contributed by atoms with E-state index in [1.165, 1.54) is 5.56 Å². The lowest BCUT2D eigenvalue weighted by Crippen LogP contribution is -2.38. The molecule has 0 aliphatic rings. The van der Waals surface area contributed by atoms with Gasteiger partial charge in [-0.2, -0.15) is 0 Å². The normalized spacial score (nSPS) is 12.2. The first-order valence-electron chi connectivity index (χ1n) is 6.24. The van der Waals surface area contributed by atoms with Crippen molar-refractivity contribution >= 4 is 27.5 Å². The lowest BCUT2D eigenvalue weighted by Gasteiger charge is -2.31. The Labute approximate surface area is 124 Å². The predicted octanol–water partition coefficient (Wildman–Crippen LogP) is 3.91. The molecule has 1 aromatic rings. The molecule has 18 heavy (non-hydrogen) atoms. The molecule has 0 aliphatic heterocycles. The van der Waals surface area contributed by atoms with Crippen molar-refractivity contribution < 1.29 is 0 Å². The molecule has 102 valence electrons. The van der Waals surface area contributed by atoms with Crippen LogP contribution in [0.1, 0.15) is 26.3 Å². The molecule has 2 nitrogen and oxygen atoms in total. The largest absolute Gasteiger partial charge is 0.330 e. The number of nitrogens with two attached hydrogens (primary N) is 1. The molecule has 0 spiro atoms. The summed E-state index contributed by atoms with van der Waals surface area (Å²) in [5, 5.41) is 0.760. The van der Waals surface area contributed by atoms with Crippen LogP contribution in [0.4, 0.5) is 0 Å². The maximum absolute atomic E-state index is 5.96. The van der Waals surface area contributed by atoms with Gasteiger partial charge in [0.05, 0.1) is 0 Å². The molecule has 0 heterocycles. The van der Waals surface area contributed by atoms with Gasteiger partial charge in [-0.1, -0.05) is 54.4 Å². The van der Waals surface area contributed by atoms with Crippen LogP contribution in [0.3, 0.4) is 0 Å². The van der Waals surface area contributed by atoms with E-state index in [0.29, 0.717) is 6.54 Å². The van der Waals surface area contributed by atoms with Gasteiger partial charge in [0.1, 0.15) is 0 Å². The minimum absolute atomic E-state index is 0.148. The molecule has 0 unspecified atom stereocenters. The summed E-state index contributed by atoms with van der Waals surface area (Å²) >= 11 is 9.52. The monoisotopic (exact) mass is 332 g/mol. The zero-order chi connectivity index (χ0) is 13.8. The van der Waals surface area contributed by atoms with Crippen molar-refractivity contribution in [1.29, 1.82) is 0 Å². The lowest BCUT2D eigenvalue weighted by atomic mass is 9.93. The number of nitrogens with zero attached hydrogens (tertiary/aromatic N) is 1. The lowest BCUT2D eigenvalue weighted by molar-refractivity contribution is 0.183. The van der Waals surface area contributed by atoms with Crippen LogP contribution < -0.4 is 5.73 Å². The van der Waals surface area contributed by atoms with Crippen molar-refractivity contribution in [2.24, 2.45) is 11.1 Å². The van der Waals surface area contributed by atoms with Crippen molar-refractivity contribution in [3.8, 4) is 0 Å². The molecule has 4 heteroatoms. The Balaban J connectivity index is 2.74. The fraction of sp³-hybridized carbons (Fsp3) is 0.571. The zero-order valence-electron chi connectivity index (χ0n) is 11.3. The maximum atomic E-state index is 5.96. The molecule has 2 N–H and O–H groups in total. The first-order valence-corrected chi connectivity index (χ1v) is 7.41. The Bertz CT molecular complexity index is 393. The summed E-state index contributed by atoms with van der Waals surface area (Å²) < 4.78 is 1.07. The van der Waals surface area contributed by atoms with E-state index in [-0.39, 0.29) is 5.41 Å². The molecule has 0 aromatic heterocycles. The number of halogens is 2. The van der Waals surface area contributed by atoms with E-state index in [1.807, 2.05) is 12.1 Å². The highest BCUT2D eigenvalue weighted by Gasteiger charge is 2.19. The number of hydrogen-bond donors (Lipinski definition) is 1. The summed E-state index contributed by atoms with van der Waals surface area (Å²) in [5.41, 5.74) is 7.21. The molecule has 0 saturated heterocycles. The van der Waals surface area contributed by atoms with E-state index in [9.17, 15) is 0 Å². The standard InChI is InChI=1S/C14H22BrClN2/c1-4-18(10-14(2,3)9-17)8-11-5-6-12(16)7-13(11)15/h5-7H,4,8-10,17H2,1-3H3. The average molecular weight is 334 g/mol. The second kappa shape index (κ2) is 6.90. The molecule has 0 atom stereocenters. The van der Waals surface area contributed by atoms with Crippen LogP contribution in [-0.2, 0) is 6.54 Å². The minimum Gasteiger partial charge on any atom is -0.330 e. The van der Waals surface area contributed by atoms with Crippen molar-refractivity contribution in [2.75, 3.05) is 19.6 Å². The second-order valence-corrected chi connectivity index (χ2v) is 6.70. The second-order valence-electron chi connectivity index (χ2n) is 5.41. The topological polar surface area (TPSA) is 29.3 Å². The van der Waals surface area contributed by atoms with Crippen LogP contribution in [0.25, 0.3) is 0 Å². The predicted molar refractivity (Wildman–Crippen MR) is 82.9 cm³/mol. The van der Waals surface area contributed by atoms with Crippen LogP contribution in [0.2, 0.25) is 5.02 Å². The summed E-state index contributed by atoms with van der Waals surface area (Å²) in [6.45, 7) is 10.2. The fourth-order valence-corrected chi connectivity index (χ4v) is 2.65. The Hall–Kier alpha value is -0.0900. The molecule has 0 radical (unpaired) electrons. The van der Waals surface area contributed by atoms with Gasteiger partial charge in [0, 0.05) is 22.6 Å². The van der Waals surface area contributed by atoms with E-state index < -0.39 is 0 Å². The number of benzene rings is 1. The third kappa shape index (κ3) is 4.88. The quantitative estimate of drug-likeness (QED) is 0.855. The van der Waals surface area contributed by atoms with Gasteiger partial charge in [0.2, 0.25) is 0 Å². The highest BCUT2D eigenvalue weighted by molar-refractivity contribution is 9.10. The van der Waals surface area contributed by atoms with Crippen molar-refractivity contribution in [3.63, 3.8) is 0 Å². The van der Waals surface area contributed by atoms with Gasteiger partial charge < -0.3 is 5.73 Å². The van der Waals surface area contributed by atoms with Gasteiger partial charge in [-0.15, -0.1) is 0 Å². The number of hydrogen-bond acceptors (Lipinski definition) is 2. The summed E-state index contributed by atoms with van der Waals surface area (Å²) in [7, 11) is 0. The van der Waals surface area contributed by atoms with E-state index in [2.05, 4.69) is 47.7 Å². The van der Waals surface area contributed by atoms with Crippen LogP contribution in [0.5, 0.6) is 0 Å². The highest BCUT2D eigenvalue weighted by atomic mass is 79.9. The molecule has 1 aromatic carbocycles. The van der Waals surface area contributed by atoms with Crippen LogP contribution in [-0.4, -0.2) is 24.5 Å². The van der Waals surface area contributed by atoms with E-state index in [1.54, 1.807) is 0 Å². The first kappa shape index (κ1) is 16.0. The third-order valence-corrected chi connectivity index (χ3v) is 4.03. The first-order chi connectivity index (χ1) is 8.38. The Kier molecular flexibility index (Phi) is 6.12. The van der Waals surface area contributed by atoms with Gasteiger partial charge in [-0.05, 0) is 36.2 Å². The van der Waals surface area contributed by atoms with Gasteiger partial charge >= 0.3 is 0 Å². The third-order valence-electron chi connectivity index (χ3n) is 3.06. The summed E-state index contributed by atoms with van der Waals surface area (Å²) in [4.78, 5) is 2.40. The molecular weight excluding hydrogens is 312 g/mol. The molecule has 1 rings (SSSR count). The highest BCUT2D eigenvalue weighted by Crippen LogP contribution is 2.24. The molecule has 0 saturated carbocycles. The van der Waals surface area contributed by atoms with Gasteiger partial charge in [0.15, 0.2) is 0 Å². The summed E-state index contributed by atoms with van der Waals surface area (Å²) in [6, 6.07) is 5.95. The van der Waals surface area contributed by atoms with E-state index in [4.69, 9.17) is 17.3 Å². The Morgan fingerprint density at radius 1 is 1.39 bits per heavy atom. The van der Waals surface area contributed by atoms with Gasteiger partial charge in [-0.25, -0.2) is 0 Å². The smallest absolute Gasteiger partial charge is 0.0417 e. The van der Waals surface area contributed by atoms with E-state index in [0.717, 1.165) is 29.1 Å². The van der Waals surface area contributed by atoms with Crippen LogP contribution in [0, 0.1) is 5.41 Å².